The van der Waals surface area contributed by atoms with E-state index in [1.807, 2.05) is 0 Å². The molecule has 0 bridgehead atoms. The summed E-state index contributed by atoms with van der Waals surface area (Å²) in [5.74, 6) is -0.923. The van der Waals surface area contributed by atoms with Crippen LogP contribution in [-0.4, -0.2) is 28.2 Å². The predicted octanol–water partition coefficient (Wildman–Crippen LogP) is -0.0884. The summed E-state index contributed by atoms with van der Waals surface area (Å²) in [6, 6.07) is 2.64. The standard InChI is InChI=1S/C15H15ClFN3O3S2.Na.H/c1-23-13(21)8-24-12-7-11(10(17)6-9(12)16)18-14-19-4-2-3-5-20(19)15(22)25-14;;/h6-7H,2-5,8H2,1H3;;/q;+1;-1. The first-order valence-corrected chi connectivity index (χ1v) is 9.71. The second-order valence-corrected chi connectivity index (χ2v) is 7.66. The van der Waals surface area contributed by atoms with Crippen LogP contribution in [0.15, 0.2) is 26.8 Å². The molecule has 3 rings (SSSR count). The fourth-order valence-electron chi connectivity index (χ4n) is 2.43. The quantitative estimate of drug-likeness (QED) is 0.389. The van der Waals surface area contributed by atoms with Crippen LogP contribution in [0.2, 0.25) is 5.02 Å². The molecule has 0 spiro atoms. The van der Waals surface area contributed by atoms with E-state index in [2.05, 4.69) is 9.73 Å². The normalized spacial score (nSPS) is 13.9. The number of thioether (sulfide) groups is 1. The van der Waals surface area contributed by atoms with Crippen LogP contribution in [-0.2, 0) is 22.6 Å². The van der Waals surface area contributed by atoms with E-state index in [0.29, 0.717) is 22.8 Å². The molecule has 6 nitrogen and oxygen atoms in total. The van der Waals surface area contributed by atoms with Crippen LogP contribution in [0.3, 0.4) is 0 Å². The molecule has 2 heterocycles. The number of halogens is 2. The Bertz CT molecular complexity index is 947. The Hall–Kier alpha value is -0.580. The molecule has 0 atom stereocenters. The molecule has 0 radical (unpaired) electrons. The number of hydrogen-bond donors (Lipinski definition) is 0. The van der Waals surface area contributed by atoms with E-state index in [4.69, 9.17) is 11.6 Å². The first kappa shape index (κ1) is 21.7. The van der Waals surface area contributed by atoms with Gasteiger partial charge in [0.1, 0.15) is 11.5 Å². The van der Waals surface area contributed by atoms with Gasteiger partial charge in [-0.3, -0.25) is 14.3 Å². The van der Waals surface area contributed by atoms with Crippen molar-refractivity contribution in [3.8, 4) is 0 Å². The van der Waals surface area contributed by atoms with Gasteiger partial charge in [-0.15, -0.1) is 11.8 Å². The molecule has 26 heavy (non-hydrogen) atoms. The smallest absolute Gasteiger partial charge is 1.00 e. The van der Waals surface area contributed by atoms with E-state index in [1.54, 1.807) is 9.36 Å². The number of carbonyl (C=O) groups excluding carboxylic acids is 1. The summed E-state index contributed by atoms with van der Waals surface area (Å²) in [7, 11) is 1.30. The Morgan fingerprint density at radius 1 is 1.42 bits per heavy atom. The largest absolute Gasteiger partial charge is 1.00 e. The van der Waals surface area contributed by atoms with Crippen LogP contribution >= 0.6 is 34.7 Å². The molecule has 0 N–H and O–H groups in total. The van der Waals surface area contributed by atoms with Crippen molar-refractivity contribution in [3.63, 3.8) is 0 Å². The minimum atomic E-state index is -0.580. The van der Waals surface area contributed by atoms with Gasteiger partial charge >= 0.3 is 40.4 Å². The molecule has 2 aromatic rings. The Kier molecular flexibility index (Phi) is 7.99. The maximum absolute atomic E-state index is 14.3. The number of rotatable bonds is 4. The predicted molar refractivity (Wildman–Crippen MR) is 96.3 cm³/mol. The summed E-state index contributed by atoms with van der Waals surface area (Å²) in [6.07, 6.45) is 1.90. The Labute approximate surface area is 185 Å². The van der Waals surface area contributed by atoms with Crippen molar-refractivity contribution in [3.05, 3.63) is 37.4 Å². The van der Waals surface area contributed by atoms with Crippen molar-refractivity contribution < 1.29 is 44.9 Å². The molecule has 0 unspecified atom stereocenters. The Morgan fingerprint density at radius 3 is 2.81 bits per heavy atom. The number of methoxy groups -OCH3 is 1. The first-order valence-electron chi connectivity index (χ1n) is 7.53. The number of esters is 1. The molecular weight excluding hydrogens is 412 g/mol. The third kappa shape index (κ3) is 4.82. The topological polar surface area (TPSA) is 65.6 Å². The van der Waals surface area contributed by atoms with Crippen molar-refractivity contribution in [2.45, 2.75) is 30.8 Å². The monoisotopic (exact) mass is 427 g/mol. The molecule has 0 aliphatic carbocycles. The zero-order chi connectivity index (χ0) is 18.0. The maximum atomic E-state index is 14.3. The zero-order valence-corrected chi connectivity index (χ0v) is 18.7. The van der Waals surface area contributed by atoms with Crippen molar-refractivity contribution in [2.24, 2.45) is 4.99 Å². The van der Waals surface area contributed by atoms with Gasteiger partial charge in [0, 0.05) is 18.0 Å². The average Bonchev–Trinajstić information content (AvgIpc) is 2.92. The molecule has 0 amide bonds. The first-order chi connectivity index (χ1) is 12.0. The van der Waals surface area contributed by atoms with Crippen LogP contribution in [0, 0.1) is 5.82 Å². The van der Waals surface area contributed by atoms with E-state index in [0.717, 1.165) is 42.0 Å². The van der Waals surface area contributed by atoms with Crippen molar-refractivity contribution in [2.75, 3.05) is 12.9 Å². The van der Waals surface area contributed by atoms with Crippen molar-refractivity contribution in [1.29, 1.82) is 0 Å². The van der Waals surface area contributed by atoms with E-state index >= 15 is 0 Å². The average molecular weight is 428 g/mol. The number of aromatic nitrogens is 2. The summed E-state index contributed by atoms with van der Waals surface area (Å²) in [5.41, 5.74) is 0.0829. The summed E-state index contributed by atoms with van der Waals surface area (Å²) in [5, 5.41) is 0.199. The van der Waals surface area contributed by atoms with Gasteiger partial charge in [-0.1, -0.05) is 11.6 Å². The third-order valence-corrected chi connectivity index (χ3v) is 6.01. The van der Waals surface area contributed by atoms with Gasteiger partial charge in [-0.25, -0.2) is 14.1 Å². The number of carbonyl (C=O) groups is 1. The molecule has 11 heteroatoms. The van der Waals surface area contributed by atoms with Gasteiger partial charge in [0.05, 0.1) is 17.9 Å². The number of nitrogens with zero attached hydrogens (tertiary/aromatic N) is 3. The fourth-order valence-corrected chi connectivity index (χ4v) is 4.42. The van der Waals surface area contributed by atoms with Crippen LogP contribution < -0.4 is 39.2 Å². The van der Waals surface area contributed by atoms with Crippen molar-refractivity contribution >= 4 is 46.4 Å². The van der Waals surface area contributed by atoms with E-state index in [9.17, 15) is 14.0 Å². The van der Waals surface area contributed by atoms with E-state index in [1.165, 1.54) is 13.2 Å². The Balaban J connectivity index is 0.00000182. The fraction of sp³-hybridized carbons (Fsp3) is 0.400. The minimum Gasteiger partial charge on any atom is -1.00 e. The van der Waals surface area contributed by atoms with Crippen LogP contribution in [0.25, 0.3) is 0 Å². The summed E-state index contributed by atoms with van der Waals surface area (Å²) in [6.45, 7) is 1.32. The molecule has 1 aliphatic rings. The maximum Gasteiger partial charge on any atom is 1.00 e. The SMILES string of the molecule is COC(=O)CSc1cc(N=c2sc(=O)n3n2CCCC3)c(F)cc1Cl.[H-].[Na+]. The third-order valence-electron chi connectivity index (χ3n) is 3.68. The minimum absolute atomic E-state index is 0. The van der Waals surface area contributed by atoms with Gasteiger partial charge < -0.3 is 6.16 Å². The molecule has 0 saturated carbocycles. The molecule has 1 aliphatic heterocycles. The van der Waals surface area contributed by atoms with Crippen LogP contribution in [0.1, 0.15) is 14.3 Å². The molecule has 0 saturated heterocycles. The van der Waals surface area contributed by atoms with Gasteiger partial charge in [-0.2, -0.15) is 0 Å². The second kappa shape index (κ2) is 9.57. The zero-order valence-electron chi connectivity index (χ0n) is 15.3. The summed E-state index contributed by atoms with van der Waals surface area (Å²) < 4.78 is 22.3. The number of benzene rings is 1. The number of ether oxygens (including phenoxy) is 1. The Morgan fingerprint density at radius 2 is 2.12 bits per heavy atom. The van der Waals surface area contributed by atoms with E-state index in [-0.39, 0.29) is 52.3 Å². The number of hydrogen-bond acceptors (Lipinski definition) is 6. The van der Waals surface area contributed by atoms with Crippen molar-refractivity contribution in [1.82, 2.24) is 9.36 Å². The van der Waals surface area contributed by atoms with Gasteiger partial charge in [-0.05, 0) is 36.3 Å². The molecule has 0 fully saturated rings. The summed E-state index contributed by atoms with van der Waals surface area (Å²) >= 11 is 8.17. The molecular formula is C15H16ClFN3NaO3S2. The second-order valence-electron chi connectivity index (χ2n) is 5.31. The molecule has 1 aromatic carbocycles. The number of fused-ring (bicyclic) bond motifs is 1. The molecule has 1 aromatic heterocycles. The van der Waals surface area contributed by atoms with Gasteiger partial charge in [0.15, 0.2) is 0 Å². The van der Waals surface area contributed by atoms with E-state index < -0.39 is 11.8 Å². The van der Waals surface area contributed by atoms with Gasteiger partial charge in [0.2, 0.25) is 4.80 Å². The molecule has 136 valence electrons. The summed E-state index contributed by atoms with van der Waals surface area (Å²) in [4.78, 5) is 28.5. The van der Waals surface area contributed by atoms with Gasteiger partial charge in [0.25, 0.3) is 0 Å². The van der Waals surface area contributed by atoms with Crippen LogP contribution in [0.4, 0.5) is 10.1 Å². The van der Waals surface area contributed by atoms with Crippen LogP contribution in [0.5, 0.6) is 0 Å².